The molecule has 0 atom stereocenters. The third-order valence-corrected chi connectivity index (χ3v) is 2.00. The Morgan fingerprint density at radius 1 is 1.50 bits per heavy atom. The fourth-order valence-corrected chi connectivity index (χ4v) is 1.24. The van der Waals surface area contributed by atoms with Crippen LogP contribution in [0.25, 0.3) is 0 Å². The lowest BCUT2D eigenvalue weighted by atomic mass is 10.5. The van der Waals surface area contributed by atoms with Crippen LogP contribution in [0.1, 0.15) is 24.3 Å². The number of anilines is 1. The van der Waals surface area contributed by atoms with Gasteiger partial charge in [-0.1, -0.05) is 0 Å². The molecule has 0 bridgehead atoms. The fourth-order valence-electron chi connectivity index (χ4n) is 1.24. The summed E-state index contributed by atoms with van der Waals surface area (Å²) >= 11 is 0. The molecule has 0 fully saturated rings. The SMILES string of the molecule is CCOC(=O)c1coc(N(CC)CC(F)(F)F)n1. The Labute approximate surface area is 102 Å². The summed E-state index contributed by atoms with van der Waals surface area (Å²) in [6.07, 6.45) is -3.39. The van der Waals surface area contributed by atoms with Gasteiger partial charge in [0.2, 0.25) is 0 Å². The number of ether oxygens (including phenoxy) is 1. The minimum Gasteiger partial charge on any atom is -0.461 e. The van der Waals surface area contributed by atoms with E-state index in [0.717, 1.165) is 11.2 Å². The summed E-state index contributed by atoms with van der Waals surface area (Å²) in [6, 6.07) is -0.252. The summed E-state index contributed by atoms with van der Waals surface area (Å²) in [6.45, 7) is 2.16. The second-order valence-corrected chi connectivity index (χ2v) is 3.37. The van der Waals surface area contributed by atoms with Crippen LogP contribution in [0.15, 0.2) is 10.7 Å². The molecule has 0 aliphatic rings. The lowest BCUT2D eigenvalue weighted by Crippen LogP contribution is -2.34. The van der Waals surface area contributed by atoms with Crippen molar-refractivity contribution < 1.29 is 27.1 Å². The maximum Gasteiger partial charge on any atom is 0.406 e. The smallest absolute Gasteiger partial charge is 0.406 e. The van der Waals surface area contributed by atoms with E-state index in [1.165, 1.54) is 6.92 Å². The average Bonchev–Trinajstić information content (AvgIpc) is 2.74. The topological polar surface area (TPSA) is 55.6 Å². The van der Waals surface area contributed by atoms with Gasteiger partial charge in [-0.05, 0) is 13.8 Å². The highest BCUT2D eigenvalue weighted by Gasteiger charge is 2.32. The van der Waals surface area contributed by atoms with E-state index >= 15 is 0 Å². The van der Waals surface area contributed by atoms with Crippen molar-refractivity contribution in [1.29, 1.82) is 0 Å². The second kappa shape index (κ2) is 5.74. The van der Waals surface area contributed by atoms with E-state index in [0.29, 0.717) is 0 Å². The van der Waals surface area contributed by atoms with Gasteiger partial charge in [0.1, 0.15) is 12.8 Å². The number of rotatable bonds is 5. The third kappa shape index (κ3) is 3.94. The zero-order chi connectivity index (χ0) is 13.8. The summed E-state index contributed by atoms with van der Waals surface area (Å²) in [5, 5.41) is 0. The Bertz CT molecular complexity index is 403. The van der Waals surface area contributed by atoms with Crippen molar-refractivity contribution >= 4 is 12.0 Å². The first-order chi connectivity index (χ1) is 8.37. The monoisotopic (exact) mass is 266 g/mol. The van der Waals surface area contributed by atoms with Gasteiger partial charge in [-0.25, -0.2) is 4.79 Å². The molecular formula is C10H13F3N2O3. The number of nitrogens with zero attached hydrogens (tertiary/aromatic N) is 2. The summed E-state index contributed by atoms with van der Waals surface area (Å²) in [7, 11) is 0. The molecule has 0 unspecified atom stereocenters. The summed E-state index contributed by atoms with van der Waals surface area (Å²) in [5.74, 6) is -0.726. The Hall–Kier alpha value is -1.73. The van der Waals surface area contributed by atoms with Gasteiger partial charge in [-0.15, -0.1) is 0 Å². The lowest BCUT2D eigenvalue weighted by Gasteiger charge is -2.19. The minimum absolute atomic E-state index is 0.0578. The van der Waals surface area contributed by atoms with Gasteiger partial charge in [-0.3, -0.25) is 0 Å². The molecule has 18 heavy (non-hydrogen) atoms. The molecule has 0 aromatic carbocycles. The van der Waals surface area contributed by atoms with E-state index < -0.39 is 18.7 Å². The molecule has 1 aromatic heterocycles. The second-order valence-electron chi connectivity index (χ2n) is 3.37. The molecule has 0 spiro atoms. The van der Waals surface area contributed by atoms with Crippen molar-refractivity contribution in [2.75, 3.05) is 24.6 Å². The molecule has 0 saturated heterocycles. The number of aromatic nitrogens is 1. The van der Waals surface area contributed by atoms with Gasteiger partial charge >= 0.3 is 12.1 Å². The number of hydrogen-bond donors (Lipinski definition) is 0. The fraction of sp³-hybridized carbons (Fsp3) is 0.600. The van der Waals surface area contributed by atoms with Gasteiger partial charge in [0.25, 0.3) is 6.01 Å². The molecular weight excluding hydrogens is 253 g/mol. The maximum absolute atomic E-state index is 12.3. The first kappa shape index (κ1) is 14.3. The van der Waals surface area contributed by atoms with Crippen LogP contribution in [0.2, 0.25) is 0 Å². The van der Waals surface area contributed by atoms with Crippen molar-refractivity contribution in [2.45, 2.75) is 20.0 Å². The molecule has 0 amide bonds. The third-order valence-electron chi connectivity index (χ3n) is 2.00. The molecule has 102 valence electrons. The van der Waals surface area contributed by atoms with Crippen molar-refractivity contribution in [1.82, 2.24) is 4.98 Å². The number of carbonyl (C=O) groups is 1. The molecule has 0 aliphatic carbocycles. The van der Waals surface area contributed by atoms with Crippen molar-refractivity contribution in [3.05, 3.63) is 12.0 Å². The van der Waals surface area contributed by atoms with E-state index in [4.69, 9.17) is 4.42 Å². The maximum atomic E-state index is 12.3. The molecule has 0 aliphatic heterocycles. The largest absolute Gasteiger partial charge is 0.461 e. The normalized spacial score (nSPS) is 11.4. The van der Waals surface area contributed by atoms with Crippen molar-refractivity contribution in [2.24, 2.45) is 0 Å². The van der Waals surface area contributed by atoms with Gasteiger partial charge in [0.05, 0.1) is 6.61 Å². The number of oxazole rings is 1. The van der Waals surface area contributed by atoms with Crippen LogP contribution in [-0.2, 0) is 4.74 Å². The average molecular weight is 266 g/mol. The molecule has 0 radical (unpaired) electrons. The molecule has 1 aromatic rings. The number of carbonyl (C=O) groups excluding carboxylic acids is 1. The van der Waals surface area contributed by atoms with Gasteiger partial charge < -0.3 is 14.1 Å². The first-order valence-electron chi connectivity index (χ1n) is 5.31. The van der Waals surface area contributed by atoms with Gasteiger partial charge in [-0.2, -0.15) is 18.2 Å². The molecule has 8 heteroatoms. The van der Waals surface area contributed by atoms with Crippen LogP contribution < -0.4 is 4.90 Å². The number of hydrogen-bond acceptors (Lipinski definition) is 5. The molecule has 1 rings (SSSR count). The number of esters is 1. The first-order valence-corrected chi connectivity index (χ1v) is 5.31. The standard InChI is InChI=1S/C10H13F3N2O3/c1-3-15(6-10(11,12)13)9-14-7(5-18-9)8(16)17-4-2/h5H,3-4,6H2,1-2H3. The molecule has 5 nitrogen and oxygen atoms in total. The number of halogens is 3. The number of alkyl halides is 3. The highest BCUT2D eigenvalue weighted by Crippen LogP contribution is 2.21. The Morgan fingerprint density at radius 2 is 2.17 bits per heavy atom. The van der Waals surface area contributed by atoms with E-state index in [-0.39, 0.29) is 24.9 Å². The summed E-state index contributed by atoms with van der Waals surface area (Å²) in [4.78, 5) is 15.8. The zero-order valence-electron chi connectivity index (χ0n) is 9.95. The molecule has 0 N–H and O–H groups in total. The van der Waals surface area contributed by atoms with E-state index in [9.17, 15) is 18.0 Å². The van der Waals surface area contributed by atoms with E-state index in [1.807, 2.05) is 0 Å². The van der Waals surface area contributed by atoms with Crippen LogP contribution >= 0.6 is 0 Å². The summed E-state index contributed by atoms with van der Waals surface area (Å²) < 4.78 is 46.3. The quantitative estimate of drug-likeness (QED) is 0.765. The highest BCUT2D eigenvalue weighted by molar-refractivity contribution is 5.87. The Kier molecular flexibility index (Phi) is 4.57. The van der Waals surface area contributed by atoms with Crippen LogP contribution in [0.4, 0.5) is 19.2 Å². The van der Waals surface area contributed by atoms with Gasteiger partial charge in [0, 0.05) is 6.54 Å². The zero-order valence-corrected chi connectivity index (χ0v) is 9.95. The predicted molar refractivity (Wildman–Crippen MR) is 56.4 cm³/mol. The Balaban J connectivity index is 2.79. The Morgan fingerprint density at radius 3 is 2.67 bits per heavy atom. The van der Waals surface area contributed by atoms with Crippen LogP contribution in [0.5, 0.6) is 0 Å². The predicted octanol–water partition coefficient (Wildman–Crippen LogP) is 2.24. The van der Waals surface area contributed by atoms with Gasteiger partial charge in [0.15, 0.2) is 5.69 Å². The minimum atomic E-state index is -4.37. The van der Waals surface area contributed by atoms with E-state index in [2.05, 4.69) is 9.72 Å². The summed E-state index contributed by atoms with van der Waals surface area (Å²) in [5.41, 5.74) is -0.146. The van der Waals surface area contributed by atoms with Crippen LogP contribution in [0.3, 0.4) is 0 Å². The molecule has 0 saturated carbocycles. The lowest BCUT2D eigenvalue weighted by molar-refractivity contribution is -0.120. The van der Waals surface area contributed by atoms with E-state index in [1.54, 1.807) is 6.92 Å². The van der Waals surface area contributed by atoms with Crippen LogP contribution in [-0.4, -0.2) is 36.8 Å². The van der Waals surface area contributed by atoms with Crippen molar-refractivity contribution in [3.8, 4) is 0 Å². The van der Waals surface area contributed by atoms with Crippen molar-refractivity contribution in [3.63, 3.8) is 0 Å². The van der Waals surface area contributed by atoms with Crippen LogP contribution in [0, 0.1) is 0 Å². The highest BCUT2D eigenvalue weighted by atomic mass is 19.4. The molecule has 1 heterocycles.